The lowest BCUT2D eigenvalue weighted by Crippen LogP contribution is -2.38. The fourth-order valence-corrected chi connectivity index (χ4v) is 5.28. The van der Waals surface area contributed by atoms with Crippen molar-refractivity contribution in [2.75, 3.05) is 0 Å². The molecule has 35 heavy (non-hydrogen) atoms. The summed E-state index contributed by atoms with van der Waals surface area (Å²) < 4.78 is 5.91. The van der Waals surface area contributed by atoms with Gasteiger partial charge in [0, 0.05) is 22.8 Å². The third kappa shape index (κ3) is 8.25. The van der Waals surface area contributed by atoms with E-state index in [4.69, 9.17) is 4.74 Å². The van der Waals surface area contributed by atoms with Gasteiger partial charge in [-0.1, -0.05) is 39.3 Å². The number of aliphatic hydroxyl groups is 1. The van der Waals surface area contributed by atoms with Gasteiger partial charge < -0.3 is 9.84 Å². The number of allylic oxidation sites excluding steroid dienone is 2. The van der Waals surface area contributed by atoms with Crippen LogP contribution >= 0.6 is 11.3 Å². The van der Waals surface area contributed by atoms with E-state index in [-0.39, 0.29) is 17.1 Å². The smallest absolute Gasteiger partial charge is 0.331 e. The Morgan fingerprint density at radius 3 is 2.51 bits per heavy atom. The molecule has 0 unspecified atom stereocenters. The number of cyclic esters (lactones) is 1. The van der Waals surface area contributed by atoms with E-state index < -0.39 is 29.5 Å². The summed E-state index contributed by atoms with van der Waals surface area (Å²) >= 11 is 1.59. The highest BCUT2D eigenvalue weighted by atomic mass is 32.1. The molecular formula is C29H43NO4S. The van der Waals surface area contributed by atoms with Crippen molar-refractivity contribution in [1.82, 2.24) is 4.98 Å². The Labute approximate surface area is 215 Å². The van der Waals surface area contributed by atoms with Crippen molar-refractivity contribution >= 4 is 29.2 Å². The Kier molecular flexibility index (Phi) is 10.2. The normalized spacial score (nSPS) is 32.6. The van der Waals surface area contributed by atoms with Crippen LogP contribution in [0.4, 0.5) is 0 Å². The fraction of sp³-hybridized carbons (Fsp3) is 0.621. The number of Topliss-reactive ketones (excluding diaryl/α,β-unsaturated/α-hetero) is 1. The largest absolute Gasteiger partial charge is 0.455 e. The maximum atomic E-state index is 13.2. The first kappa shape index (κ1) is 29.2. The Morgan fingerprint density at radius 1 is 1.23 bits per heavy atom. The van der Waals surface area contributed by atoms with Crippen LogP contribution < -0.4 is 0 Å². The third-order valence-corrected chi connectivity index (χ3v) is 8.23. The summed E-state index contributed by atoms with van der Waals surface area (Å²) in [6, 6.07) is 0. The Balaban J connectivity index is 2.38. The first-order chi connectivity index (χ1) is 16.3. The highest BCUT2D eigenvalue weighted by Crippen LogP contribution is 2.35. The van der Waals surface area contributed by atoms with Crippen LogP contribution in [-0.2, 0) is 14.3 Å². The number of thiazole rings is 1. The molecule has 1 aliphatic rings. The number of nitrogens with zero attached hydrogens (tertiary/aromatic N) is 1. The first-order valence-corrected chi connectivity index (χ1v) is 13.5. The molecule has 0 saturated carbocycles. The zero-order chi connectivity index (χ0) is 26.4. The minimum Gasteiger partial charge on any atom is -0.455 e. The zero-order valence-corrected chi connectivity index (χ0v) is 23.3. The summed E-state index contributed by atoms with van der Waals surface area (Å²) in [7, 11) is 0. The molecule has 6 heteroatoms. The third-order valence-electron chi connectivity index (χ3n) is 7.44. The molecule has 0 saturated heterocycles. The second-order valence-electron chi connectivity index (χ2n) is 11.1. The summed E-state index contributed by atoms with van der Waals surface area (Å²) in [5.74, 6) is -1.10. The highest BCUT2D eigenvalue weighted by molar-refractivity contribution is 7.09. The number of ketones is 1. The predicted molar refractivity (Wildman–Crippen MR) is 144 cm³/mol. The van der Waals surface area contributed by atoms with Crippen LogP contribution in [0.3, 0.4) is 0 Å². The van der Waals surface area contributed by atoms with Gasteiger partial charge >= 0.3 is 5.97 Å². The molecule has 5 atom stereocenters. The van der Waals surface area contributed by atoms with E-state index in [1.165, 1.54) is 6.08 Å². The van der Waals surface area contributed by atoms with Gasteiger partial charge in [-0.05, 0) is 76.4 Å². The average Bonchev–Trinajstić information content (AvgIpc) is 3.22. The molecule has 0 aromatic carbocycles. The molecule has 0 fully saturated rings. The van der Waals surface area contributed by atoms with Crippen molar-refractivity contribution in [3.63, 3.8) is 0 Å². The molecule has 0 aliphatic carbocycles. The number of hydrogen-bond donors (Lipinski definition) is 1. The monoisotopic (exact) mass is 501 g/mol. The minimum absolute atomic E-state index is 0.000148. The van der Waals surface area contributed by atoms with Crippen LogP contribution in [0.2, 0.25) is 0 Å². The zero-order valence-electron chi connectivity index (χ0n) is 22.5. The van der Waals surface area contributed by atoms with Gasteiger partial charge in [0.1, 0.15) is 11.9 Å². The van der Waals surface area contributed by atoms with Gasteiger partial charge in [-0.25, -0.2) is 9.78 Å². The lowest BCUT2D eigenvalue weighted by molar-refractivity contribution is -0.141. The Hall–Kier alpha value is -2.05. The van der Waals surface area contributed by atoms with Gasteiger partial charge in [0.15, 0.2) is 0 Å². The van der Waals surface area contributed by atoms with Gasteiger partial charge in [0.05, 0.1) is 16.8 Å². The minimum atomic E-state index is -0.893. The van der Waals surface area contributed by atoms with Crippen LogP contribution in [0.1, 0.15) is 84.3 Å². The van der Waals surface area contributed by atoms with Crippen LogP contribution in [0.5, 0.6) is 0 Å². The van der Waals surface area contributed by atoms with Gasteiger partial charge in [-0.15, -0.1) is 17.9 Å². The molecule has 5 nitrogen and oxygen atoms in total. The number of aryl methyl sites for hydroxylation is 1. The van der Waals surface area contributed by atoms with Gasteiger partial charge in [0.2, 0.25) is 0 Å². The van der Waals surface area contributed by atoms with E-state index in [1.54, 1.807) is 38.2 Å². The van der Waals surface area contributed by atoms with Crippen LogP contribution in [-0.4, -0.2) is 34.1 Å². The molecule has 0 amide bonds. The number of carbonyl (C=O) groups excluding carboxylic acids is 2. The number of aliphatic hydroxyl groups excluding tert-OH is 1. The second kappa shape index (κ2) is 12.3. The van der Waals surface area contributed by atoms with E-state index in [2.05, 4.69) is 18.5 Å². The van der Waals surface area contributed by atoms with E-state index in [0.717, 1.165) is 42.0 Å². The number of ether oxygens (including phenoxy) is 1. The van der Waals surface area contributed by atoms with Crippen molar-refractivity contribution in [2.24, 2.45) is 22.7 Å². The Morgan fingerprint density at radius 2 is 1.91 bits per heavy atom. The Bertz CT molecular complexity index is 960. The van der Waals surface area contributed by atoms with Crippen LogP contribution in [0.25, 0.3) is 6.08 Å². The van der Waals surface area contributed by atoms with Gasteiger partial charge in [0.25, 0.3) is 0 Å². The van der Waals surface area contributed by atoms with Crippen LogP contribution in [0.15, 0.2) is 35.8 Å². The molecule has 1 N–H and O–H groups in total. The average molecular weight is 502 g/mol. The van der Waals surface area contributed by atoms with Crippen molar-refractivity contribution in [2.45, 2.75) is 92.8 Å². The SMILES string of the molecule is C=C[C@]1(C)CCC[C@H](C)[C@H](O)[C@@H](C)C(=O)C(C)(C)/C=C/C(=O)O[C@H](/C(C)=C/c2csc(C)n2)CC1. The molecule has 1 aromatic heterocycles. The highest BCUT2D eigenvalue weighted by Gasteiger charge is 2.35. The standard InChI is InChI=1S/C29H43NO4S/c1-9-29(8)14-10-11-19(2)26(32)21(4)27(33)28(6,7)15-13-25(31)34-24(12-16-29)20(3)17-23-18-35-22(5)30-23/h9,13,15,17-19,21,24,26,32H,1,10-12,14,16H2,2-8H3/b15-13+,20-17+/t19-,21+,24-,26-,29+/m0/s1. The molecule has 0 bridgehead atoms. The van der Waals surface area contributed by atoms with Gasteiger partial charge in [-0.2, -0.15) is 0 Å². The molecular weight excluding hydrogens is 458 g/mol. The molecule has 1 aliphatic heterocycles. The lowest BCUT2D eigenvalue weighted by atomic mass is 9.75. The fourth-order valence-electron chi connectivity index (χ4n) is 4.71. The summed E-state index contributed by atoms with van der Waals surface area (Å²) in [6.45, 7) is 17.5. The van der Waals surface area contributed by atoms with Crippen molar-refractivity contribution in [3.05, 3.63) is 46.5 Å². The maximum absolute atomic E-state index is 13.2. The first-order valence-electron chi connectivity index (χ1n) is 12.6. The second-order valence-corrected chi connectivity index (χ2v) is 12.1. The van der Waals surface area contributed by atoms with E-state index in [1.807, 2.05) is 38.3 Å². The lowest BCUT2D eigenvalue weighted by Gasteiger charge is -2.32. The topological polar surface area (TPSA) is 76.5 Å². The number of rotatable bonds is 3. The molecule has 1 aromatic rings. The van der Waals surface area contributed by atoms with Crippen molar-refractivity contribution in [1.29, 1.82) is 0 Å². The van der Waals surface area contributed by atoms with Crippen molar-refractivity contribution in [3.8, 4) is 0 Å². The van der Waals surface area contributed by atoms with Crippen molar-refractivity contribution < 1.29 is 19.4 Å². The van der Waals surface area contributed by atoms with E-state index in [9.17, 15) is 14.7 Å². The van der Waals surface area contributed by atoms with E-state index >= 15 is 0 Å². The molecule has 194 valence electrons. The number of hydrogen-bond acceptors (Lipinski definition) is 6. The summed E-state index contributed by atoms with van der Waals surface area (Å²) in [5.41, 5.74) is 0.785. The summed E-state index contributed by atoms with van der Waals surface area (Å²) in [4.78, 5) is 30.5. The summed E-state index contributed by atoms with van der Waals surface area (Å²) in [6.07, 6.45) is 9.94. The van der Waals surface area contributed by atoms with Crippen LogP contribution in [0, 0.1) is 29.6 Å². The number of esters is 1. The number of carbonyl (C=O) groups is 2. The number of aromatic nitrogens is 1. The quantitative estimate of drug-likeness (QED) is 0.368. The van der Waals surface area contributed by atoms with E-state index in [0.29, 0.717) is 6.42 Å². The predicted octanol–water partition coefficient (Wildman–Crippen LogP) is 6.71. The maximum Gasteiger partial charge on any atom is 0.331 e. The molecule has 0 spiro atoms. The molecule has 2 rings (SSSR count). The summed E-state index contributed by atoms with van der Waals surface area (Å²) in [5, 5.41) is 13.8. The molecule has 0 radical (unpaired) electrons. The molecule has 2 heterocycles. The van der Waals surface area contributed by atoms with Gasteiger partial charge in [-0.3, -0.25) is 4.79 Å².